The van der Waals surface area contributed by atoms with Crippen molar-refractivity contribution in [2.24, 2.45) is 0 Å². The summed E-state index contributed by atoms with van der Waals surface area (Å²) in [5.74, 6) is 0. The topological polar surface area (TPSA) is 33.1 Å². The SMILES string of the molecule is CC(C)(C)c1nc(C(C)(C)C)c(C(C)(C)O)s1. The van der Waals surface area contributed by atoms with E-state index >= 15 is 0 Å². The number of hydrogen-bond acceptors (Lipinski definition) is 3. The van der Waals surface area contributed by atoms with E-state index < -0.39 is 5.60 Å². The number of aliphatic hydroxyl groups is 1. The van der Waals surface area contributed by atoms with Crippen molar-refractivity contribution in [2.45, 2.75) is 71.8 Å². The molecule has 0 aliphatic heterocycles. The van der Waals surface area contributed by atoms with Crippen LogP contribution in [-0.2, 0) is 16.4 Å². The molecule has 0 saturated carbocycles. The minimum absolute atomic E-state index is 0.0324. The Morgan fingerprint density at radius 1 is 0.882 bits per heavy atom. The summed E-state index contributed by atoms with van der Waals surface area (Å²) in [4.78, 5) is 5.77. The van der Waals surface area contributed by atoms with Crippen molar-refractivity contribution in [1.82, 2.24) is 4.98 Å². The van der Waals surface area contributed by atoms with Gasteiger partial charge < -0.3 is 5.11 Å². The van der Waals surface area contributed by atoms with Gasteiger partial charge in [-0.05, 0) is 13.8 Å². The van der Waals surface area contributed by atoms with E-state index in [1.54, 1.807) is 11.3 Å². The van der Waals surface area contributed by atoms with Crippen LogP contribution in [0.4, 0.5) is 0 Å². The fourth-order valence-electron chi connectivity index (χ4n) is 1.56. The van der Waals surface area contributed by atoms with Gasteiger partial charge in [0.05, 0.1) is 21.2 Å². The lowest BCUT2D eigenvalue weighted by atomic mass is 9.87. The van der Waals surface area contributed by atoms with Crippen molar-refractivity contribution >= 4 is 11.3 Å². The number of hydrogen-bond donors (Lipinski definition) is 1. The summed E-state index contributed by atoms with van der Waals surface area (Å²) in [5, 5.41) is 11.4. The predicted octanol–water partition coefficient (Wildman–Crippen LogP) is 3.97. The molecule has 0 fully saturated rings. The van der Waals surface area contributed by atoms with Crippen LogP contribution in [-0.4, -0.2) is 10.1 Å². The van der Waals surface area contributed by atoms with Crippen LogP contribution in [0.3, 0.4) is 0 Å². The predicted molar refractivity (Wildman–Crippen MR) is 74.8 cm³/mol. The van der Waals surface area contributed by atoms with Crippen molar-refractivity contribution in [1.29, 1.82) is 0 Å². The first-order valence-electron chi connectivity index (χ1n) is 6.08. The molecule has 1 aromatic heterocycles. The number of thiazole rings is 1. The van der Waals surface area contributed by atoms with Crippen molar-refractivity contribution < 1.29 is 5.11 Å². The molecule has 0 aliphatic rings. The highest BCUT2D eigenvalue weighted by Crippen LogP contribution is 2.39. The molecule has 0 aliphatic carbocycles. The highest BCUT2D eigenvalue weighted by Gasteiger charge is 2.33. The third-order valence-corrected chi connectivity index (χ3v) is 4.33. The van der Waals surface area contributed by atoms with Gasteiger partial charge in [0.1, 0.15) is 0 Å². The summed E-state index contributed by atoms with van der Waals surface area (Å²) in [6.45, 7) is 16.6. The lowest BCUT2D eigenvalue weighted by Gasteiger charge is -2.23. The molecule has 0 atom stereocenters. The quantitative estimate of drug-likeness (QED) is 0.824. The second-order valence-electron chi connectivity index (χ2n) is 7.26. The van der Waals surface area contributed by atoms with Crippen LogP contribution in [0.15, 0.2) is 0 Å². The smallest absolute Gasteiger partial charge is 0.0985 e. The van der Waals surface area contributed by atoms with E-state index in [2.05, 4.69) is 41.5 Å². The van der Waals surface area contributed by atoms with Crippen LogP contribution in [0.5, 0.6) is 0 Å². The van der Waals surface area contributed by atoms with Crippen molar-refractivity contribution in [3.8, 4) is 0 Å². The van der Waals surface area contributed by atoms with Crippen LogP contribution in [0, 0.1) is 0 Å². The van der Waals surface area contributed by atoms with Crippen LogP contribution in [0.1, 0.15) is 71.0 Å². The Labute approximate surface area is 109 Å². The lowest BCUT2D eigenvalue weighted by molar-refractivity contribution is 0.0803. The molecular weight excluding hydrogens is 230 g/mol. The molecule has 0 bridgehead atoms. The third-order valence-electron chi connectivity index (χ3n) is 2.53. The van der Waals surface area contributed by atoms with Gasteiger partial charge in [-0.3, -0.25) is 0 Å². The molecule has 0 saturated heterocycles. The van der Waals surface area contributed by atoms with Crippen molar-refractivity contribution in [3.63, 3.8) is 0 Å². The Bertz CT molecular complexity index is 368. The standard InChI is InChI=1S/C14H25NOS/c1-12(2,3)9-10(14(7,8)16)17-11(15-9)13(4,5)6/h16H,1-8H3. The molecular formula is C14H25NOS. The molecule has 0 unspecified atom stereocenters. The van der Waals surface area contributed by atoms with Crippen LogP contribution in [0.25, 0.3) is 0 Å². The van der Waals surface area contributed by atoms with Gasteiger partial charge >= 0.3 is 0 Å². The Morgan fingerprint density at radius 3 is 1.59 bits per heavy atom. The summed E-state index contributed by atoms with van der Waals surface area (Å²) in [6.07, 6.45) is 0. The van der Waals surface area contributed by atoms with E-state index in [0.717, 1.165) is 15.6 Å². The van der Waals surface area contributed by atoms with Gasteiger partial charge in [-0.2, -0.15) is 0 Å². The first-order valence-corrected chi connectivity index (χ1v) is 6.90. The fourth-order valence-corrected chi connectivity index (χ4v) is 2.90. The highest BCUT2D eigenvalue weighted by atomic mass is 32.1. The van der Waals surface area contributed by atoms with Gasteiger partial charge in [0.2, 0.25) is 0 Å². The maximum atomic E-state index is 10.3. The van der Waals surface area contributed by atoms with Gasteiger partial charge in [0.25, 0.3) is 0 Å². The van der Waals surface area contributed by atoms with E-state index in [-0.39, 0.29) is 10.8 Å². The molecule has 1 N–H and O–H groups in total. The summed E-state index contributed by atoms with van der Waals surface area (Å²) >= 11 is 1.64. The maximum absolute atomic E-state index is 10.3. The van der Waals surface area contributed by atoms with E-state index in [4.69, 9.17) is 4.98 Å². The normalized spacial score (nSPS) is 14.2. The van der Waals surface area contributed by atoms with E-state index in [0.29, 0.717) is 0 Å². The molecule has 0 aromatic carbocycles. The Hall–Kier alpha value is -0.410. The lowest BCUT2D eigenvalue weighted by Crippen LogP contribution is -2.22. The second-order valence-corrected chi connectivity index (χ2v) is 8.25. The average Bonchev–Trinajstić information content (AvgIpc) is 2.42. The van der Waals surface area contributed by atoms with E-state index in [1.165, 1.54) is 0 Å². The molecule has 1 rings (SSSR count). The van der Waals surface area contributed by atoms with Crippen LogP contribution < -0.4 is 0 Å². The summed E-state index contributed by atoms with van der Waals surface area (Å²) in [7, 11) is 0. The molecule has 17 heavy (non-hydrogen) atoms. The number of rotatable bonds is 1. The Morgan fingerprint density at radius 2 is 1.35 bits per heavy atom. The second kappa shape index (κ2) is 4.06. The molecule has 0 spiro atoms. The third kappa shape index (κ3) is 3.29. The van der Waals surface area contributed by atoms with Gasteiger partial charge in [-0.15, -0.1) is 11.3 Å². The minimum atomic E-state index is -0.816. The summed E-state index contributed by atoms with van der Waals surface area (Å²) < 4.78 is 0. The first kappa shape index (κ1) is 14.7. The molecule has 3 heteroatoms. The highest BCUT2D eigenvalue weighted by molar-refractivity contribution is 7.12. The Kier molecular flexibility index (Phi) is 3.50. The zero-order valence-electron chi connectivity index (χ0n) is 12.3. The van der Waals surface area contributed by atoms with Crippen LogP contribution in [0.2, 0.25) is 0 Å². The molecule has 98 valence electrons. The zero-order chi connectivity index (χ0) is 13.6. The van der Waals surface area contributed by atoms with Crippen LogP contribution >= 0.6 is 11.3 Å². The largest absolute Gasteiger partial charge is 0.385 e. The minimum Gasteiger partial charge on any atom is -0.385 e. The van der Waals surface area contributed by atoms with E-state index in [9.17, 15) is 5.11 Å². The summed E-state index contributed by atoms with van der Waals surface area (Å²) in [5.41, 5.74) is 0.215. The van der Waals surface area contributed by atoms with Gasteiger partial charge in [0.15, 0.2) is 0 Å². The molecule has 1 heterocycles. The monoisotopic (exact) mass is 255 g/mol. The van der Waals surface area contributed by atoms with Gasteiger partial charge in [0, 0.05) is 10.8 Å². The molecule has 1 aromatic rings. The number of nitrogens with zero attached hydrogens (tertiary/aromatic N) is 1. The van der Waals surface area contributed by atoms with Gasteiger partial charge in [-0.1, -0.05) is 41.5 Å². The summed E-state index contributed by atoms with van der Waals surface area (Å²) in [6, 6.07) is 0. The fraction of sp³-hybridized carbons (Fsp3) is 0.786. The average molecular weight is 255 g/mol. The maximum Gasteiger partial charge on any atom is 0.0985 e. The Balaban J connectivity index is 3.44. The van der Waals surface area contributed by atoms with E-state index in [1.807, 2.05) is 13.8 Å². The first-order chi connectivity index (χ1) is 7.33. The van der Waals surface area contributed by atoms with Crippen molar-refractivity contribution in [3.05, 3.63) is 15.6 Å². The number of aromatic nitrogens is 1. The van der Waals surface area contributed by atoms with Crippen molar-refractivity contribution in [2.75, 3.05) is 0 Å². The molecule has 2 nitrogen and oxygen atoms in total. The molecule has 0 amide bonds. The zero-order valence-corrected chi connectivity index (χ0v) is 13.1. The molecule has 0 radical (unpaired) electrons. The van der Waals surface area contributed by atoms with Gasteiger partial charge in [-0.25, -0.2) is 4.98 Å².